The summed E-state index contributed by atoms with van der Waals surface area (Å²) < 4.78 is 71.5. The first kappa shape index (κ1) is 57.8. The minimum Gasteiger partial charge on any atom is -0.493 e. The molecule has 2 unspecified atom stereocenters. The predicted octanol–water partition coefficient (Wildman–Crippen LogP) is 13.6. The van der Waals surface area contributed by atoms with Crippen LogP contribution in [0, 0.1) is 13.8 Å². The molecule has 73 heavy (non-hydrogen) atoms. The normalized spacial score (nSPS) is 16.6. The van der Waals surface area contributed by atoms with Crippen LogP contribution in [0.4, 0.5) is 4.79 Å². The number of nitrogens with zero attached hydrogens (tertiary/aromatic N) is 1. The number of benzene rings is 3. The largest absolute Gasteiger partial charge is 0.493 e. The first-order valence-corrected chi connectivity index (χ1v) is 36.5. The topological polar surface area (TPSA) is 173 Å². The Labute approximate surface area is 435 Å². The predicted molar refractivity (Wildman–Crippen MR) is 292 cm³/mol. The quantitative estimate of drug-likeness (QED) is 0.0331. The van der Waals surface area contributed by atoms with Gasteiger partial charge in [-0.25, -0.2) is 23.3 Å². The number of rotatable bonds is 22. The van der Waals surface area contributed by atoms with E-state index >= 15 is 4.57 Å². The fraction of sp³-hybridized carbons (Fsp3) is 0.545. The van der Waals surface area contributed by atoms with Crippen molar-refractivity contribution in [3.8, 4) is 17.2 Å². The van der Waals surface area contributed by atoms with Crippen LogP contribution in [-0.2, 0) is 79.6 Å². The summed E-state index contributed by atoms with van der Waals surface area (Å²) in [4.78, 5) is 52.7. The van der Waals surface area contributed by atoms with Crippen LogP contribution in [0.15, 0.2) is 41.5 Å². The summed E-state index contributed by atoms with van der Waals surface area (Å²) in [5.74, 6) is 0.303. The van der Waals surface area contributed by atoms with E-state index in [0.717, 1.165) is 67.7 Å². The smallest absolute Gasteiger partial charge is 0.410 e. The molecule has 0 fully saturated rings. The maximum Gasteiger partial charge on any atom is 0.410 e. The van der Waals surface area contributed by atoms with Gasteiger partial charge in [-0.2, -0.15) is 0 Å². The van der Waals surface area contributed by atoms with Gasteiger partial charge in [0.05, 0.1) is 25.5 Å². The van der Waals surface area contributed by atoms with Gasteiger partial charge in [-0.3, -0.25) is 9.46 Å². The number of ether oxygens (including phenoxy) is 5. The summed E-state index contributed by atoms with van der Waals surface area (Å²) in [6, 6.07) is 6.84. The molecule has 1 N–H and O–H groups in total. The highest BCUT2D eigenvalue weighted by Crippen LogP contribution is 2.63. The molecule has 0 bridgehead atoms. The number of hydrogen-bond donors (Lipinski definition) is 1. The van der Waals surface area contributed by atoms with Crippen LogP contribution in [-0.4, -0.2) is 75.1 Å². The zero-order valence-electron chi connectivity index (χ0n) is 46.0. The lowest BCUT2D eigenvalue weighted by Gasteiger charge is -2.24. The van der Waals surface area contributed by atoms with Gasteiger partial charge in [-0.15, -0.1) is 0 Å². The number of carbonyl (C=O) groups is 3. The van der Waals surface area contributed by atoms with E-state index < -0.39 is 61.1 Å². The molecular weight excluding hydrogens is 1000 g/mol. The summed E-state index contributed by atoms with van der Waals surface area (Å²) in [5.41, 5.74) is 10.2. The Morgan fingerprint density at radius 3 is 1.66 bits per heavy atom. The molecule has 3 aliphatic rings. The molecule has 2 atom stereocenters. The zero-order chi connectivity index (χ0) is 54.0. The van der Waals surface area contributed by atoms with Gasteiger partial charge in [0.15, 0.2) is 0 Å². The van der Waals surface area contributed by atoms with Gasteiger partial charge in [0, 0.05) is 51.5 Å². The van der Waals surface area contributed by atoms with Crippen molar-refractivity contribution in [2.75, 3.05) is 25.5 Å². The van der Waals surface area contributed by atoms with Crippen LogP contribution in [0.25, 0.3) is 0 Å². The average molecular weight is 1080 g/mol. The van der Waals surface area contributed by atoms with Crippen LogP contribution in [0.3, 0.4) is 0 Å². The molecule has 18 heteroatoms. The van der Waals surface area contributed by atoms with Crippen molar-refractivity contribution < 1.29 is 60.9 Å². The number of fused-ring (bicyclic) bond motifs is 3. The number of hydrogen-bond acceptors (Lipinski definition) is 12. The van der Waals surface area contributed by atoms with E-state index in [-0.39, 0.29) is 31.7 Å². The van der Waals surface area contributed by atoms with Gasteiger partial charge in [0.25, 0.3) is 0 Å². The Hall–Kier alpha value is -4.44. The fourth-order valence-electron chi connectivity index (χ4n) is 9.53. The fourth-order valence-corrected chi connectivity index (χ4v) is 15.1. The second-order valence-corrected chi connectivity index (χ2v) is 38.4. The van der Waals surface area contributed by atoms with Crippen LogP contribution in [0.1, 0.15) is 125 Å². The highest BCUT2D eigenvalue weighted by atomic mass is 31.3. The van der Waals surface area contributed by atoms with E-state index in [0.29, 0.717) is 79.2 Å². The standard InChI is InChI=1S/C55H79NO13P2Si2/c1-16-42-37(5)46-31-65-52(57)48(46)50(63-24-26-72(10,11)12)44(42)22-18-35(3)33-70(60,61)69-71(62,68-41-21-20-39-29-56(30-40(39)28-41)54(59)67-55(7,8)9)34-36(4)19-23-45-43(17-2)38(6)47-32-66-53(58)49(47)51(45)64-25-27-73(13,14)15/h18-21,28H,16-17,22-27,29-34H2,1-15H3,(H,60,61). The molecule has 3 aliphatic heterocycles. The minimum atomic E-state index is -4.71. The number of allylic oxidation sites excluding steroid dienone is 4. The van der Waals surface area contributed by atoms with Gasteiger partial charge in [-0.05, 0) is 132 Å². The molecule has 400 valence electrons. The van der Waals surface area contributed by atoms with E-state index in [1.165, 1.54) is 0 Å². The summed E-state index contributed by atoms with van der Waals surface area (Å²) in [5, 5.41) is 0. The van der Waals surface area contributed by atoms with Gasteiger partial charge < -0.3 is 33.1 Å². The lowest BCUT2D eigenvalue weighted by Crippen LogP contribution is -2.33. The monoisotopic (exact) mass is 1080 g/mol. The van der Waals surface area contributed by atoms with Gasteiger partial charge in [-0.1, -0.05) is 82.5 Å². The van der Waals surface area contributed by atoms with Crippen LogP contribution < -0.4 is 14.0 Å². The molecule has 1 amide bonds. The summed E-state index contributed by atoms with van der Waals surface area (Å²) in [7, 11) is -12.2. The molecule has 0 radical (unpaired) electrons. The maximum absolute atomic E-state index is 15.3. The number of carbonyl (C=O) groups excluding carboxylic acids is 3. The average Bonchev–Trinajstić information content (AvgIpc) is 3.98. The third kappa shape index (κ3) is 14.7. The molecule has 0 spiro atoms. The number of esters is 2. The number of amides is 1. The third-order valence-electron chi connectivity index (χ3n) is 13.4. The van der Waals surface area contributed by atoms with Crippen molar-refractivity contribution >= 4 is 49.4 Å². The second kappa shape index (κ2) is 22.8. The highest BCUT2D eigenvalue weighted by Gasteiger charge is 2.39. The summed E-state index contributed by atoms with van der Waals surface area (Å²) >= 11 is 0. The zero-order valence-corrected chi connectivity index (χ0v) is 49.8. The molecule has 3 aromatic rings. The molecule has 3 heterocycles. The molecule has 0 saturated carbocycles. The molecule has 0 saturated heterocycles. The Morgan fingerprint density at radius 1 is 0.740 bits per heavy atom. The van der Waals surface area contributed by atoms with Crippen molar-refractivity contribution in [3.05, 3.63) is 108 Å². The Kier molecular flexibility index (Phi) is 18.1. The van der Waals surface area contributed by atoms with Gasteiger partial charge in [0.2, 0.25) is 0 Å². The van der Waals surface area contributed by atoms with Crippen molar-refractivity contribution in [3.63, 3.8) is 0 Å². The van der Waals surface area contributed by atoms with E-state index in [2.05, 4.69) is 46.2 Å². The van der Waals surface area contributed by atoms with Crippen molar-refractivity contribution in [1.29, 1.82) is 0 Å². The minimum absolute atomic E-state index is 0.145. The first-order chi connectivity index (χ1) is 33.9. The van der Waals surface area contributed by atoms with Crippen molar-refractivity contribution in [2.24, 2.45) is 0 Å². The van der Waals surface area contributed by atoms with Crippen LogP contribution in [0.5, 0.6) is 17.2 Å². The summed E-state index contributed by atoms with van der Waals surface area (Å²) in [6.07, 6.45) is 4.37. The van der Waals surface area contributed by atoms with E-state index in [4.69, 9.17) is 32.5 Å². The summed E-state index contributed by atoms with van der Waals surface area (Å²) in [6.45, 7) is 32.3. The SMILES string of the molecule is CCc1c(C)c2c(c(OCC[Si](C)(C)C)c1CC=C(C)CP(=O)(O)OP(=O)(CC(C)=CCc1c(CC)c(C)c3c(c1OCC[Si](C)(C)C)C(=O)OC3)Oc1ccc3c(c1)CN(C(=O)OC(C)(C)C)C3)C(=O)OC2. The Morgan fingerprint density at radius 2 is 1.21 bits per heavy atom. The van der Waals surface area contributed by atoms with E-state index in [1.807, 2.05) is 32.9 Å². The van der Waals surface area contributed by atoms with Crippen LogP contribution in [0.2, 0.25) is 51.4 Å². The number of cyclic esters (lactones) is 2. The van der Waals surface area contributed by atoms with Gasteiger partial charge >= 0.3 is 33.2 Å². The molecule has 0 aliphatic carbocycles. The maximum atomic E-state index is 15.3. The van der Waals surface area contributed by atoms with Crippen molar-refractivity contribution in [1.82, 2.24) is 4.90 Å². The van der Waals surface area contributed by atoms with E-state index in [1.54, 1.807) is 57.7 Å². The van der Waals surface area contributed by atoms with Crippen LogP contribution >= 0.6 is 15.2 Å². The first-order valence-electron chi connectivity index (χ1n) is 25.6. The van der Waals surface area contributed by atoms with Gasteiger partial charge in [0.1, 0.15) is 47.2 Å². The lowest BCUT2D eigenvalue weighted by molar-refractivity contribution is 0.0241. The van der Waals surface area contributed by atoms with E-state index in [9.17, 15) is 23.8 Å². The molecule has 0 aromatic heterocycles. The Balaban J connectivity index is 1.32. The lowest BCUT2D eigenvalue weighted by atomic mass is 9.89. The molecule has 6 rings (SSSR count). The highest BCUT2D eigenvalue weighted by molar-refractivity contribution is 7.67. The second-order valence-electron chi connectivity index (χ2n) is 23.2. The molecule has 3 aromatic carbocycles. The van der Waals surface area contributed by atoms with Crippen molar-refractivity contribution in [2.45, 2.75) is 171 Å². The molecular formula is C55H79NO13P2Si2. The molecule has 14 nitrogen and oxygen atoms in total. The third-order valence-corrected chi connectivity index (χ3v) is 21.1. The Bertz CT molecular complexity index is 2800.